The van der Waals surface area contributed by atoms with Gasteiger partial charge in [0.2, 0.25) is 0 Å². The van der Waals surface area contributed by atoms with Gasteiger partial charge >= 0.3 is 0 Å². The van der Waals surface area contributed by atoms with Crippen LogP contribution in [0.4, 0.5) is 11.4 Å². The second kappa shape index (κ2) is 8.26. The minimum atomic E-state index is -0.103. The van der Waals surface area contributed by atoms with E-state index in [4.69, 9.17) is 10.7 Å². The Kier molecular flexibility index (Phi) is 5.34. The van der Waals surface area contributed by atoms with Crippen LogP contribution in [-0.2, 0) is 6.42 Å². The Bertz CT molecular complexity index is 1050. The highest BCUT2D eigenvalue weighted by Crippen LogP contribution is 2.41. The number of aromatic nitrogens is 1. The summed E-state index contributed by atoms with van der Waals surface area (Å²) in [6, 6.07) is 12.8. The maximum Gasteiger partial charge on any atom is 0.263 e. The SMILES string of the molecule is Nc1c(C(=O)NCCc2ccc(N3CCCCC3)cc2)sc2nc(C3CC3)ccc12. The molecule has 0 unspecified atom stereocenters. The molecule has 0 bridgehead atoms. The summed E-state index contributed by atoms with van der Waals surface area (Å²) in [5.74, 6) is 0.490. The maximum absolute atomic E-state index is 12.7. The van der Waals surface area contributed by atoms with E-state index in [1.165, 1.54) is 54.7 Å². The van der Waals surface area contributed by atoms with Crippen LogP contribution < -0.4 is 16.0 Å². The van der Waals surface area contributed by atoms with E-state index in [9.17, 15) is 4.79 Å². The Labute approximate surface area is 181 Å². The third kappa shape index (κ3) is 4.01. The maximum atomic E-state index is 12.7. The second-order valence-electron chi connectivity index (χ2n) is 8.43. The monoisotopic (exact) mass is 420 g/mol. The lowest BCUT2D eigenvalue weighted by molar-refractivity contribution is 0.0959. The van der Waals surface area contributed by atoms with Gasteiger partial charge < -0.3 is 16.0 Å². The summed E-state index contributed by atoms with van der Waals surface area (Å²) in [6.07, 6.45) is 7.15. The molecule has 1 aliphatic heterocycles. The quantitative estimate of drug-likeness (QED) is 0.605. The molecule has 6 heteroatoms. The largest absolute Gasteiger partial charge is 0.397 e. The smallest absolute Gasteiger partial charge is 0.263 e. The highest BCUT2D eigenvalue weighted by molar-refractivity contribution is 7.21. The summed E-state index contributed by atoms with van der Waals surface area (Å²) in [7, 11) is 0. The molecule has 3 heterocycles. The van der Waals surface area contributed by atoms with Crippen molar-refractivity contribution >= 4 is 38.8 Å². The summed E-state index contributed by atoms with van der Waals surface area (Å²) in [5, 5.41) is 3.92. The van der Waals surface area contributed by atoms with Gasteiger partial charge in [0, 0.05) is 42.3 Å². The Morgan fingerprint density at radius 1 is 1.10 bits per heavy atom. The van der Waals surface area contributed by atoms with E-state index in [1.54, 1.807) is 0 Å². The lowest BCUT2D eigenvalue weighted by Gasteiger charge is -2.28. The number of pyridine rings is 1. The van der Waals surface area contributed by atoms with Crippen molar-refractivity contribution in [3.05, 3.63) is 52.5 Å². The minimum Gasteiger partial charge on any atom is -0.397 e. The first kappa shape index (κ1) is 19.4. The molecule has 5 nitrogen and oxygen atoms in total. The number of fused-ring (bicyclic) bond motifs is 1. The molecule has 2 fully saturated rings. The molecule has 156 valence electrons. The molecule has 0 spiro atoms. The summed E-state index contributed by atoms with van der Waals surface area (Å²) in [6.45, 7) is 2.91. The fourth-order valence-corrected chi connectivity index (χ4v) is 5.23. The molecule has 1 amide bonds. The molecule has 1 aliphatic carbocycles. The predicted molar refractivity (Wildman–Crippen MR) is 125 cm³/mol. The van der Waals surface area contributed by atoms with E-state index >= 15 is 0 Å². The molecule has 0 atom stereocenters. The Balaban J connectivity index is 1.19. The summed E-state index contributed by atoms with van der Waals surface area (Å²) in [5.41, 5.74) is 10.5. The molecule has 5 rings (SSSR count). The van der Waals surface area contributed by atoms with Crippen LogP contribution >= 0.6 is 11.3 Å². The molecule has 0 radical (unpaired) electrons. The van der Waals surface area contributed by atoms with E-state index < -0.39 is 0 Å². The highest BCUT2D eigenvalue weighted by atomic mass is 32.1. The first-order chi connectivity index (χ1) is 14.7. The topological polar surface area (TPSA) is 71.2 Å². The zero-order valence-electron chi connectivity index (χ0n) is 17.2. The van der Waals surface area contributed by atoms with Gasteiger partial charge in [-0.3, -0.25) is 4.79 Å². The van der Waals surface area contributed by atoms with Crippen LogP contribution in [-0.4, -0.2) is 30.5 Å². The van der Waals surface area contributed by atoms with Crippen molar-refractivity contribution in [3.63, 3.8) is 0 Å². The van der Waals surface area contributed by atoms with Crippen molar-refractivity contribution in [3.8, 4) is 0 Å². The van der Waals surface area contributed by atoms with Crippen molar-refractivity contribution in [1.82, 2.24) is 10.3 Å². The van der Waals surface area contributed by atoms with Crippen molar-refractivity contribution in [2.75, 3.05) is 30.3 Å². The van der Waals surface area contributed by atoms with Gasteiger partial charge in [0.1, 0.15) is 9.71 Å². The number of nitrogen functional groups attached to an aromatic ring is 1. The number of piperidine rings is 1. The third-order valence-electron chi connectivity index (χ3n) is 6.17. The number of nitrogens with two attached hydrogens (primary N) is 1. The summed E-state index contributed by atoms with van der Waals surface area (Å²) in [4.78, 5) is 21.3. The van der Waals surface area contributed by atoms with Gasteiger partial charge in [-0.1, -0.05) is 12.1 Å². The normalized spacial score (nSPS) is 16.7. The molecule has 1 saturated carbocycles. The van der Waals surface area contributed by atoms with Crippen LogP contribution in [0.25, 0.3) is 10.2 Å². The fourth-order valence-electron chi connectivity index (χ4n) is 4.21. The average Bonchev–Trinajstić information content (AvgIpc) is 3.58. The number of hydrogen-bond acceptors (Lipinski definition) is 5. The highest BCUT2D eigenvalue weighted by Gasteiger charge is 2.26. The molecule has 30 heavy (non-hydrogen) atoms. The summed E-state index contributed by atoms with van der Waals surface area (Å²) >= 11 is 1.40. The van der Waals surface area contributed by atoms with Gasteiger partial charge in [0.05, 0.1) is 5.69 Å². The number of thiophene rings is 1. The zero-order valence-corrected chi connectivity index (χ0v) is 18.0. The number of carbonyl (C=O) groups is 1. The standard InChI is InChI=1S/C24H28N4OS/c25-21-19-10-11-20(17-6-7-17)27-24(19)30-22(21)23(29)26-13-12-16-4-8-18(9-5-16)28-14-2-1-3-15-28/h4-5,8-11,17H,1-3,6-7,12-15,25H2,(H,26,29). The van der Waals surface area contributed by atoms with Crippen LogP contribution in [0.15, 0.2) is 36.4 Å². The van der Waals surface area contributed by atoms with Crippen LogP contribution in [0, 0.1) is 0 Å². The van der Waals surface area contributed by atoms with Crippen molar-refractivity contribution in [2.24, 2.45) is 0 Å². The summed E-state index contributed by atoms with van der Waals surface area (Å²) < 4.78 is 0. The third-order valence-corrected chi connectivity index (χ3v) is 7.29. The molecule has 2 aromatic heterocycles. The predicted octanol–water partition coefficient (Wildman–Crippen LogP) is 4.72. The van der Waals surface area contributed by atoms with Crippen molar-refractivity contribution < 1.29 is 4.79 Å². The molecule has 3 aromatic rings. The van der Waals surface area contributed by atoms with Gasteiger partial charge in [0.25, 0.3) is 5.91 Å². The van der Waals surface area contributed by atoms with E-state index in [-0.39, 0.29) is 5.91 Å². The van der Waals surface area contributed by atoms with Crippen LogP contribution in [0.3, 0.4) is 0 Å². The lowest BCUT2D eigenvalue weighted by atomic mass is 10.1. The number of nitrogens with zero attached hydrogens (tertiary/aromatic N) is 2. The zero-order chi connectivity index (χ0) is 20.5. The number of rotatable bonds is 6. The molecule has 2 aliphatic rings. The molecule has 1 aromatic carbocycles. The van der Waals surface area contributed by atoms with Crippen LogP contribution in [0.5, 0.6) is 0 Å². The number of carbonyl (C=O) groups excluding carboxylic acids is 1. The van der Waals surface area contributed by atoms with Crippen LogP contribution in [0.2, 0.25) is 0 Å². The number of nitrogens with one attached hydrogen (secondary N) is 1. The first-order valence-corrected chi connectivity index (χ1v) is 11.8. The van der Waals surface area contributed by atoms with E-state index in [2.05, 4.69) is 40.5 Å². The Morgan fingerprint density at radius 2 is 1.87 bits per heavy atom. The number of anilines is 2. The van der Waals surface area contributed by atoms with E-state index in [1.807, 2.05) is 6.07 Å². The average molecular weight is 421 g/mol. The molecule has 1 saturated heterocycles. The number of hydrogen-bond donors (Lipinski definition) is 2. The fraction of sp³-hybridized carbons (Fsp3) is 0.417. The lowest BCUT2D eigenvalue weighted by Crippen LogP contribution is -2.29. The Morgan fingerprint density at radius 3 is 2.60 bits per heavy atom. The van der Waals surface area contributed by atoms with E-state index in [0.717, 1.165) is 35.4 Å². The number of benzene rings is 1. The minimum absolute atomic E-state index is 0.103. The van der Waals surface area contributed by atoms with Crippen molar-refractivity contribution in [1.29, 1.82) is 0 Å². The van der Waals surface area contributed by atoms with Gasteiger partial charge in [-0.25, -0.2) is 4.98 Å². The molecular formula is C24H28N4OS. The van der Waals surface area contributed by atoms with E-state index in [0.29, 0.717) is 23.0 Å². The number of amides is 1. The van der Waals surface area contributed by atoms with Crippen LogP contribution in [0.1, 0.15) is 59.0 Å². The van der Waals surface area contributed by atoms with Gasteiger partial charge in [-0.2, -0.15) is 0 Å². The molecular weight excluding hydrogens is 392 g/mol. The molecule has 3 N–H and O–H groups in total. The van der Waals surface area contributed by atoms with Gasteiger partial charge in [0.15, 0.2) is 0 Å². The second-order valence-corrected chi connectivity index (χ2v) is 9.43. The Hall–Kier alpha value is -2.60. The first-order valence-electron chi connectivity index (χ1n) is 11.0. The van der Waals surface area contributed by atoms with Gasteiger partial charge in [-0.05, 0) is 68.4 Å². The van der Waals surface area contributed by atoms with Crippen molar-refractivity contribution in [2.45, 2.75) is 44.4 Å². The van der Waals surface area contributed by atoms with Gasteiger partial charge in [-0.15, -0.1) is 11.3 Å².